The average Bonchev–Trinajstić information content (AvgIpc) is 2.66. The molecule has 1 aromatic carbocycles. The van der Waals surface area contributed by atoms with Crippen LogP contribution in [-0.2, 0) is 11.3 Å². The van der Waals surface area contributed by atoms with Gasteiger partial charge in [-0.15, -0.1) is 0 Å². The lowest BCUT2D eigenvalue weighted by atomic mass is 10.1. The Morgan fingerprint density at radius 1 is 1.07 bits per heavy atom. The lowest BCUT2D eigenvalue weighted by Gasteiger charge is -2.35. The van der Waals surface area contributed by atoms with Gasteiger partial charge in [-0.3, -0.25) is 9.59 Å². The number of carbonyl (C=O) groups is 2. The molecule has 7 nitrogen and oxygen atoms in total. The van der Waals surface area contributed by atoms with Gasteiger partial charge in [-0.05, 0) is 25.0 Å². The largest absolute Gasteiger partial charge is 0.353 e. The summed E-state index contributed by atoms with van der Waals surface area (Å²) in [5, 5.41) is 2.93. The second kappa shape index (κ2) is 8.16. The number of nitrogens with zero attached hydrogens (tertiary/aromatic N) is 4. The molecule has 2 heterocycles. The summed E-state index contributed by atoms with van der Waals surface area (Å²) in [5.41, 5.74) is 2.58. The molecule has 0 atom stereocenters. The molecule has 0 saturated carbocycles. The van der Waals surface area contributed by atoms with Crippen molar-refractivity contribution in [2.75, 3.05) is 31.1 Å². The Morgan fingerprint density at radius 2 is 1.78 bits per heavy atom. The highest BCUT2D eigenvalue weighted by Crippen LogP contribution is 2.16. The molecule has 1 aromatic heterocycles. The Morgan fingerprint density at radius 3 is 2.44 bits per heavy atom. The monoisotopic (exact) mass is 367 g/mol. The number of piperazine rings is 1. The minimum absolute atomic E-state index is 0.0878. The van der Waals surface area contributed by atoms with Crippen LogP contribution < -0.4 is 10.2 Å². The molecule has 1 aliphatic rings. The van der Waals surface area contributed by atoms with Gasteiger partial charge in [0.2, 0.25) is 5.91 Å². The van der Waals surface area contributed by atoms with Gasteiger partial charge in [-0.2, -0.15) is 0 Å². The number of rotatable bonds is 4. The van der Waals surface area contributed by atoms with Crippen LogP contribution in [0.3, 0.4) is 0 Å². The molecular formula is C20H25N5O2. The van der Waals surface area contributed by atoms with Crippen molar-refractivity contribution in [3.05, 3.63) is 53.0 Å². The number of hydrogen-bond donors (Lipinski definition) is 1. The van der Waals surface area contributed by atoms with Gasteiger partial charge in [0, 0.05) is 45.7 Å². The Kier molecular flexibility index (Phi) is 5.69. The Balaban J connectivity index is 1.69. The number of hydrogen-bond acceptors (Lipinski definition) is 5. The summed E-state index contributed by atoms with van der Waals surface area (Å²) in [6, 6.07) is 9.69. The zero-order valence-electron chi connectivity index (χ0n) is 16.0. The molecular weight excluding hydrogens is 342 g/mol. The zero-order valence-corrected chi connectivity index (χ0v) is 16.0. The summed E-state index contributed by atoms with van der Waals surface area (Å²) >= 11 is 0. The van der Waals surface area contributed by atoms with Crippen LogP contribution in [0.1, 0.15) is 34.4 Å². The summed E-state index contributed by atoms with van der Waals surface area (Å²) in [6.45, 7) is 8.56. The molecule has 3 rings (SSSR count). The summed E-state index contributed by atoms with van der Waals surface area (Å²) in [6.07, 6.45) is 0. The van der Waals surface area contributed by atoms with Crippen LogP contribution in [-0.4, -0.2) is 52.9 Å². The number of benzene rings is 1. The lowest BCUT2D eigenvalue weighted by molar-refractivity contribution is -0.129. The zero-order chi connectivity index (χ0) is 19.4. The van der Waals surface area contributed by atoms with E-state index in [1.807, 2.05) is 36.1 Å². The summed E-state index contributed by atoms with van der Waals surface area (Å²) < 4.78 is 0. The molecule has 0 unspecified atom stereocenters. The fraction of sp³-hybridized carbons (Fsp3) is 0.400. The first-order valence-electron chi connectivity index (χ1n) is 9.13. The van der Waals surface area contributed by atoms with Crippen molar-refractivity contribution < 1.29 is 9.59 Å². The molecule has 7 heteroatoms. The third kappa shape index (κ3) is 4.61. The van der Waals surface area contributed by atoms with E-state index in [0.29, 0.717) is 44.2 Å². The predicted molar refractivity (Wildman–Crippen MR) is 104 cm³/mol. The topological polar surface area (TPSA) is 78.4 Å². The van der Waals surface area contributed by atoms with Gasteiger partial charge in [-0.25, -0.2) is 9.97 Å². The van der Waals surface area contributed by atoms with Crippen molar-refractivity contribution in [2.24, 2.45) is 0 Å². The standard InChI is InChI=1S/C20H25N5O2/c1-14-6-4-5-7-17(14)13-21-20(27)18-12-19(23-15(2)22-18)25-10-8-24(9-11-25)16(3)26/h4-7,12H,8-11,13H2,1-3H3,(H,21,27). The normalized spacial score (nSPS) is 14.2. The van der Waals surface area contributed by atoms with Crippen molar-refractivity contribution in [1.29, 1.82) is 0 Å². The van der Waals surface area contributed by atoms with Gasteiger partial charge in [0.25, 0.3) is 5.91 Å². The van der Waals surface area contributed by atoms with Gasteiger partial charge in [0.15, 0.2) is 0 Å². The summed E-state index contributed by atoms with van der Waals surface area (Å²) in [7, 11) is 0. The highest BCUT2D eigenvalue weighted by atomic mass is 16.2. The number of nitrogens with one attached hydrogen (secondary N) is 1. The first-order valence-corrected chi connectivity index (χ1v) is 9.13. The quantitative estimate of drug-likeness (QED) is 0.890. The van der Waals surface area contributed by atoms with Gasteiger partial charge >= 0.3 is 0 Å². The lowest BCUT2D eigenvalue weighted by Crippen LogP contribution is -2.48. The van der Waals surface area contributed by atoms with Gasteiger partial charge in [-0.1, -0.05) is 24.3 Å². The maximum Gasteiger partial charge on any atom is 0.270 e. The van der Waals surface area contributed by atoms with E-state index in [0.717, 1.165) is 16.9 Å². The molecule has 0 aliphatic carbocycles. The first kappa shape index (κ1) is 18.8. The van der Waals surface area contributed by atoms with Gasteiger partial charge in [0.05, 0.1) is 0 Å². The minimum atomic E-state index is -0.215. The van der Waals surface area contributed by atoms with E-state index in [2.05, 4.69) is 20.2 Å². The van der Waals surface area contributed by atoms with Crippen molar-refractivity contribution in [3.8, 4) is 0 Å². The minimum Gasteiger partial charge on any atom is -0.353 e. The Hall–Kier alpha value is -2.96. The van der Waals surface area contributed by atoms with Crippen LogP contribution in [0.2, 0.25) is 0 Å². The van der Waals surface area contributed by atoms with E-state index in [4.69, 9.17) is 0 Å². The highest BCUT2D eigenvalue weighted by molar-refractivity contribution is 5.93. The average molecular weight is 367 g/mol. The third-order valence-electron chi connectivity index (χ3n) is 4.81. The molecule has 1 saturated heterocycles. The van der Waals surface area contributed by atoms with E-state index in [1.165, 1.54) is 0 Å². The summed E-state index contributed by atoms with van der Waals surface area (Å²) in [5.74, 6) is 1.16. The van der Waals surface area contributed by atoms with Crippen molar-refractivity contribution >= 4 is 17.6 Å². The molecule has 1 fully saturated rings. The second-order valence-corrected chi connectivity index (χ2v) is 6.76. The number of carbonyl (C=O) groups excluding carboxylic acids is 2. The molecule has 1 aliphatic heterocycles. The van der Waals surface area contributed by atoms with Crippen molar-refractivity contribution in [1.82, 2.24) is 20.2 Å². The Labute approximate surface area is 159 Å². The molecule has 1 N–H and O–H groups in total. The molecule has 142 valence electrons. The van der Waals surface area contributed by atoms with E-state index >= 15 is 0 Å². The van der Waals surface area contributed by atoms with E-state index in [-0.39, 0.29) is 11.8 Å². The Bertz CT molecular complexity index is 844. The number of amides is 2. The predicted octanol–water partition coefficient (Wildman–Crippen LogP) is 1.69. The van der Waals surface area contributed by atoms with Crippen LogP contribution in [0.5, 0.6) is 0 Å². The van der Waals surface area contributed by atoms with Crippen LogP contribution in [0.25, 0.3) is 0 Å². The van der Waals surface area contributed by atoms with Crippen molar-refractivity contribution in [3.63, 3.8) is 0 Å². The molecule has 2 aromatic rings. The number of aryl methyl sites for hydroxylation is 2. The maximum absolute atomic E-state index is 12.6. The van der Waals surface area contributed by atoms with Crippen LogP contribution in [0, 0.1) is 13.8 Å². The molecule has 0 radical (unpaired) electrons. The van der Waals surface area contributed by atoms with E-state index in [1.54, 1.807) is 19.9 Å². The molecule has 2 amide bonds. The second-order valence-electron chi connectivity index (χ2n) is 6.76. The number of aromatic nitrogens is 2. The molecule has 0 spiro atoms. The van der Waals surface area contributed by atoms with Gasteiger partial charge in [0.1, 0.15) is 17.3 Å². The molecule has 0 bridgehead atoms. The van der Waals surface area contributed by atoms with Crippen LogP contribution in [0.15, 0.2) is 30.3 Å². The third-order valence-corrected chi connectivity index (χ3v) is 4.81. The van der Waals surface area contributed by atoms with E-state index in [9.17, 15) is 9.59 Å². The fourth-order valence-electron chi connectivity index (χ4n) is 3.16. The SMILES string of the molecule is CC(=O)N1CCN(c2cc(C(=O)NCc3ccccc3C)nc(C)n2)CC1. The fourth-order valence-corrected chi connectivity index (χ4v) is 3.16. The summed E-state index contributed by atoms with van der Waals surface area (Å²) in [4.78, 5) is 36.7. The van der Waals surface area contributed by atoms with Crippen LogP contribution in [0.4, 0.5) is 5.82 Å². The van der Waals surface area contributed by atoms with E-state index < -0.39 is 0 Å². The number of anilines is 1. The first-order chi connectivity index (χ1) is 12.9. The van der Waals surface area contributed by atoms with Gasteiger partial charge < -0.3 is 15.1 Å². The smallest absolute Gasteiger partial charge is 0.270 e. The highest BCUT2D eigenvalue weighted by Gasteiger charge is 2.21. The van der Waals surface area contributed by atoms with Crippen molar-refractivity contribution in [2.45, 2.75) is 27.3 Å². The maximum atomic E-state index is 12.6. The molecule has 27 heavy (non-hydrogen) atoms. The van der Waals surface area contributed by atoms with Crippen LogP contribution >= 0.6 is 0 Å².